The first-order valence-corrected chi connectivity index (χ1v) is 8.20. The van der Waals surface area contributed by atoms with Gasteiger partial charge in [0.1, 0.15) is 0 Å². The summed E-state index contributed by atoms with van der Waals surface area (Å²) in [4.78, 5) is 23.6. The Morgan fingerprint density at radius 3 is 2.55 bits per heavy atom. The molecule has 0 saturated heterocycles. The minimum Gasteiger partial charge on any atom is -0.466 e. The van der Waals surface area contributed by atoms with E-state index in [0.717, 1.165) is 31.3 Å². The Morgan fingerprint density at radius 2 is 1.95 bits per heavy atom. The number of esters is 2. The summed E-state index contributed by atoms with van der Waals surface area (Å²) in [5.41, 5.74) is 2.25. The van der Waals surface area contributed by atoms with Crippen molar-refractivity contribution in [3.63, 3.8) is 0 Å². The van der Waals surface area contributed by atoms with Crippen molar-refractivity contribution in [2.24, 2.45) is 23.2 Å². The van der Waals surface area contributed by atoms with Crippen molar-refractivity contribution in [1.82, 2.24) is 0 Å². The maximum absolute atomic E-state index is 12.4. The quantitative estimate of drug-likeness (QED) is 0.749. The van der Waals surface area contributed by atoms with Crippen LogP contribution in [0, 0.1) is 23.2 Å². The van der Waals surface area contributed by atoms with E-state index in [4.69, 9.17) is 9.47 Å². The van der Waals surface area contributed by atoms with Crippen LogP contribution < -0.4 is 0 Å². The topological polar surface area (TPSA) is 52.6 Å². The Labute approximate surface area is 133 Å². The molecule has 124 valence electrons. The van der Waals surface area contributed by atoms with Crippen molar-refractivity contribution in [3.8, 4) is 0 Å². The van der Waals surface area contributed by atoms with Crippen LogP contribution in [0.5, 0.6) is 0 Å². The number of hydrogen-bond acceptors (Lipinski definition) is 4. The second kappa shape index (κ2) is 6.43. The third-order valence-corrected chi connectivity index (χ3v) is 5.19. The Balaban J connectivity index is 2.41. The minimum absolute atomic E-state index is 0.0345. The van der Waals surface area contributed by atoms with Crippen LogP contribution in [0.3, 0.4) is 0 Å². The molecule has 0 bridgehead atoms. The fraction of sp³-hybridized carbons (Fsp3) is 0.778. The Morgan fingerprint density at radius 1 is 1.27 bits per heavy atom. The van der Waals surface area contributed by atoms with Crippen LogP contribution in [0.2, 0.25) is 0 Å². The minimum atomic E-state index is -0.296. The first-order valence-electron chi connectivity index (χ1n) is 8.20. The van der Waals surface area contributed by atoms with E-state index in [0.29, 0.717) is 11.8 Å². The molecule has 4 nitrogen and oxygen atoms in total. The molecule has 0 radical (unpaired) electrons. The maximum Gasteiger partial charge on any atom is 0.334 e. The van der Waals surface area contributed by atoms with Crippen molar-refractivity contribution in [1.29, 1.82) is 0 Å². The van der Waals surface area contributed by atoms with E-state index in [-0.39, 0.29) is 29.9 Å². The molecule has 0 aromatic heterocycles. The van der Waals surface area contributed by atoms with Gasteiger partial charge in [-0.1, -0.05) is 26.3 Å². The van der Waals surface area contributed by atoms with Gasteiger partial charge in [0.2, 0.25) is 0 Å². The van der Waals surface area contributed by atoms with Gasteiger partial charge in [0, 0.05) is 18.4 Å². The molecule has 0 amide bonds. The van der Waals surface area contributed by atoms with E-state index >= 15 is 0 Å². The second-order valence-corrected chi connectivity index (χ2v) is 7.64. The smallest absolute Gasteiger partial charge is 0.334 e. The predicted molar refractivity (Wildman–Crippen MR) is 84.1 cm³/mol. The van der Waals surface area contributed by atoms with Crippen molar-refractivity contribution in [2.75, 3.05) is 13.7 Å². The van der Waals surface area contributed by atoms with Gasteiger partial charge in [-0.3, -0.25) is 4.79 Å². The van der Waals surface area contributed by atoms with Gasteiger partial charge in [-0.25, -0.2) is 4.79 Å². The van der Waals surface area contributed by atoms with Gasteiger partial charge in [0.05, 0.1) is 13.7 Å². The molecule has 0 aromatic carbocycles. The lowest BCUT2D eigenvalue weighted by Crippen LogP contribution is -2.22. The normalized spacial score (nSPS) is 30.5. The molecule has 1 fully saturated rings. The SMILES string of the molecule is COC(=O)C1=C2CC(C)(C)C[C@@H]2[C@H](C)CC[C@H]1COC(C)=O. The summed E-state index contributed by atoms with van der Waals surface area (Å²) in [7, 11) is 1.43. The highest BCUT2D eigenvalue weighted by Crippen LogP contribution is 2.52. The lowest BCUT2D eigenvalue weighted by atomic mass is 9.84. The molecule has 22 heavy (non-hydrogen) atoms. The summed E-state index contributed by atoms with van der Waals surface area (Å²) < 4.78 is 10.3. The molecule has 1 saturated carbocycles. The average Bonchev–Trinajstić information content (AvgIpc) is 2.70. The molecular formula is C18H28O4. The van der Waals surface area contributed by atoms with Crippen molar-refractivity contribution < 1.29 is 19.1 Å². The largest absolute Gasteiger partial charge is 0.466 e. The number of rotatable bonds is 3. The average molecular weight is 308 g/mol. The molecule has 0 aliphatic heterocycles. The Bertz CT molecular complexity index is 489. The molecular weight excluding hydrogens is 280 g/mol. The Kier molecular flexibility index (Phi) is 4.98. The third kappa shape index (κ3) is 3.53. The van der Waals surface area contributed by atoms with Crippen molar-refractivity contribution >= 4 is 11.9 Å². The van der Waals surface area contributed by atoms with Gasteiger partial charge < -0.3 is 9.47 Å². The standard InChI is InChI=1S/C18H28O4/c1-11-6-7-13(10-22-12(2)19)16(17(20)21-5)15-9-18(3,4)8-14(11)15/h11,13-14H,6-10H2,1-5H3/t11-,13+,14-/m1/s1. The summed E-state index contributed by atoms with van der Waals surface area (Å²) in [5.74, 6) is 0.427. The molecule has 3 atom stereocenters. The molecule has 2 aliphatic carbocycles. The van der Waals surface area contributed by atoms with Crippen LogP contribution in [-0.2, 0) is 19.1 Å². The van der Waals surface area contributed by atoms with E-state index in [2.05, 4.69) is 20.8 Å². The molecule has 2 aliphatic rings. The van der Waals surface area contributed by atoms with E-state index < -0.39 is 0 Å². The molecule has 0 unspecified atom stereocenters. The van der Waals surface area contributed by atoms with Crippen LogP contribution in [0.15, 0.2) is 11.1 Å². The molecule has 0 spiro atoms. The number of fused-ring (bicyclic) bond motifs is 1. The number of carbonyl (C=O) groups is 2. The zero-order chi connectivity index (χ0) is 16.5. The van der Waals surface area contributed by atoms with E-state index in [1.807, 2.05) is 0 Å². The summed E-state index contributed by atoms with van der Waals surface area (Å²) in [6, 6.07) is 0. The van der Waals surface area contributed by atoms with E-state index in [1.54, 1.807) is 0 Å². The first kappa shape index (κ1) is 17.0. The summed E-state index contributed by atoms with van der Waals surface area (Å²) >= 11 is 0. The van der Waals surface area contributed by atoms with E-state index in [9.17, 15) is 9.59 Å². The monoisotopic (exact) mass is 308 g/mol. The predicted octanol–water partition coefficient (Wildman–Crippen LogP) is 3.50. The van der Waals surface area contributed by atoms with Gasteiger partial charge in [0.15, 0.2) is 0 Å². The number of methoxy groups -OCH3 is 1. The third-order valence-electron chi connectivity index (χ3n) is 5.19. The van der Waals surface area contributed by atoms with Gasteiger partial charge in [-0.05, 0) is 42.9 Å². The molecule has 0 aromatic rings. The fourth-order valence-corrected chi connectivity index (χ4v) is 4.14. The van der Waals surface area contributed by atoms with Gasteiger partial charge in [0.25, 0.3) is 0 Å². The maximum atomic E-state index is 12.4. The lowest BCUT2D eigenvalue weighted by molar-refractivity contribution is -0.144. The molecule has 0 heterocycles. The van der Waals surface area contributed by atoms with Crippen LogP contribution in [0.4, 0.5) is 0 Å². The Hall–Kier alpha value is -1.32. The van der Waals surface area contributed by atoms with Crippen LogP contribution in [-0.4, -0.2) is 25.7 Å². The van der Waals surface area contributed by atoms with Crippen molar-refractivity contribution in [2.45, 2.75) is 53.4 Å². The highest BCUT2D eigenvalue weighted by Gasteiger charge is 2.43. The first-order chi connectivity index (χ1) is 10.2. The number of carbonyl (C=O) groups excluding carboxylic acids is 2. The highest BCUT2D eigenvalue weighted by atomic mass is 16.5. The summed E-state index contributed by atoms with van der Waals surface area (Å²) in [6.07, 6.45) is 3.98. The molecule has 2 rings (SSSR count). The number of ether oxygens (including phenoxy) is 2. The lowest BCUT2D eigenvalue weighted by Gasteiger charge is -2.21. The van der Waals surface area contributed by atoms with Gasteiger partial charge >= 0.3 is 11.9 Å². The van der Waals surface area contributed by atoms with Gasteiger partial charge in [-0.2, -0.15) is 0 Å². The summed E-state index contributed by atoms with van der Waals surface area (Å²) in [5, 5.41) is 0. The molecule has 0 N–H and O–H groups in total. The van der Waals surface area contributed by atoms with Gasteiger partial charge in [-0.15, -0.1) is 0 Å². The second-order valence-electron chi connectivity index (χ2n) is 7.64. The van der Waals surface area contributed by atoms with Crippen LogP contribution >= 0.6 is 0 Å². The number of hydrogen-bond donors (Lipinski definition) is 0. The summed E-state index contributed by atoms with van der Waals surface area (Å²) in [6.45, 7) is 8.48. The van der Waals surface area contributed by atoms with E-state index in [1.165, 1.54) is 19.6 Å². The van der Waals surface area contributed by atoms with Crippen LogP contribution in [0.25, 0.3) is 0 Å². The highest BCUT2D eigenvalue weighted by molar-refractivity contribution is 5.90. The zero-order valence-corrected chi connectivity index (χ0v) is 14.4. The fourth-order valence-electron chi connectivity index (χ4n) is 4.14. The van der Waals surface area contributed by atoms with Crippen LogP contribution in [0.1, 0.15) is 53.4 Å². The number of allylic oxidation sites excluding steroid dienone is 1. The van der Waals surface area contributed by atoms with Crippen molar-refractivity contribution in [3.05, 3.63) is 11.1 Å². The zero-order valence-electron chi connectivity index (χ0n) is 14.4. The molecule has 4 heteroatoms.